The number of ketones is 1. The summed E-state index contributed by atoms with van der Waals surface area (Å²) in [5, 5.41) is 32.8. The maximum absolute atomic E-state index is 13.1. The van der Waals surface area contributed by atoms with Crippen molar-refractivity contribution in [1.29, 1.82) is 0 Å². The van der Waals surface area contributed by atoms with E-state index in [-0.39, 0.29) is 30.1 Å². The van der Waals surface area contributed by atoms with E-state index in [0.717, 1.165) is 5.56 Å². The number of carbonyl (C=O) groups is 1. The van der Waals surface area contributed by atoms with Crippen molar-refractivity contribution in [3.8, 4) is 0 Å². The van der Waals surface area contributed by atoms with Gasteiger partial charge in [-0.05, 0) is 18.1 Å². The number of aliphatic hydroxyl groups is 2. The van der Waals surface area contributed by atoms with Crippen LogP contribution in [0, 0.1) is 5.92 Å². The van der Waals surface area contributed by atoms with Crippen molar-refractivity contribution < 1.29 is 27.6 Å². The SMILES string of the molecule is NS(=O)(=O)OC[C@H]1CC(Nc2ncncc2C(=O)c2ccn(Cc3ccccc3)n2)[C@H](O)[C@@H]1O. The Morgan fingerprint density at radius 3 is 2.71 bits per heavy atom. The number of nitrogens with two attached hydrogens (primary N) is 1. The van der Waals surface area contributed by atoms with Crippen molar-refractivity contribution >= 4 is 21.9 Å². The van der Waals surface area contributed by atoms with Gasteiger partial charge in [0.1, 0.15) is 23.9 Å². The first-order chi connectivity index (χ1) is 16.2. The molecule has 0 bridgehead atoms. The van der Waals surface area contributed by atoms with Gasteiger partial charge in [0.15, 0.2) is 0 Å². The molecule has 3 aromatic rings. The minimum absolute atomic E-state index is 0.137. The molecule has 13 heteroatoms. The summed E-state index contributed by atoms with van der Waals surface area (Å²) in [4.78, 5) is 21.2. The van der Waals surface area contributed by atoms with Gasteiger partial charge >= 0.3 is 10.3 Å². The van der Waals surface area contributed by atoms with Crippen LogP contribution in [0.25, 0.3) is 0 Å². The normalized spacial score (nSPS) is 22.6. The van der Waals surface area contributed by atoms with Gasteiger partial charge in [0.2, 0.25) is 5.78 Å². The van der Waals surface area contributed by atoms with Crippen molar-refractivity contribution in [2.75, 3.05) is 11.9 Å². The number of hydrogen-bond donors (Lipinski definition) is 4. The van der Waals surface area contributed by atoms with Crippen LogP contribution in [0.5, 0.6) is 0 Å². The molecule has 12 nitrogen and oxygen atoms in total. The summed E-state index contributed by atoms with van der Waals surface area (Å²) in [6, 6.07) is 10.5. The molecule has 4 rings (SSSR count). The minimum Gasteiger partial charge on any atom is -0.390 e. The summed E-state index contributed by atoms with van der Waals surface area (Å²) in [6.45, 7) is 0.113. The van der Waals surface area contributed by atoms with E-state index in [4.69, 9.17) is 5.14 Å². The lowest BCUT2D eigenvalue weighted by molar-refractivity contribution is 0.00778. The Labute approximate surface area is 195 Å². The molecule has 0 amide bonds. The zero-order valence-electron chi connectivity index (χ0n) is 17.9. The first-order valence-corrected chi connectivity index (χ1v) is 11.9. The standard InChI is InChI=1S/C21H24N6O6S/c22-34(31,32)33-11-14-8-17(20(30)18(14)28)25-21-15(9-23-12-24-21)19(29)16-6-7-27(26-16)10-13-4-2-1-3-5-13/h1-7,9,12,14,17-18,20,28,30H,8,10-11H2,(H2,22,31,32)(H,23,24,25)/t14-,17?,18-,20+/m1/s1. The highest BCUT2D eigenvalue weighted by atomic mass is 32.2. The quantitative estimate of drug-likeness (QED) is 0.292. The zero-order chi connectivity index (χ0) is 24.3. The average molecular weight is 489 g/mol. The fourth-order valence-corrected chi connectivity index (χ4v) is 4.25. The molecule has 4 atom stereocenters. The molecule has 0 radical (unpaired) electrons. The average Bonchev–Trinajstić information content (AvgIpc) is 3.38. The lowest BCUT2D eigenvalue weighted by Gasteiger charge is -2.19. The van der Waals surface area contributed by atoms with Gasteiger partial charge in [-0.15, -0.1) is 0 Å². The lowest BCUT2D eigenvalue weighted by Crippen LogP contribution is -2.36. The van der Waals surface area contributed by atoms with Gasteiger partial charge < -0.3 is 15.5 Å². The van der Waals surface area contributed by atoms with Gasteiger partial charge in [-0.3, -0.25) is 13.7 Å². The Bertz CT molecular complexity index is 1250. The molecule has 0 spiro atoms. The van der Waals surface area contributed by atoms with Crippen LogP contribution in [0.1, 0.15) is 28.0 Å². The summed E-state index contributed by atoms with van der Waals surface area (Å²) in [6.07, 6.45) is 1.93. The molecule has 34 heavy (non-hydrogen) atoms. The third-order valence-corrected chi connectivity index (χ3v) is 6.05. The van der Waals surface area contributed by atoms with Crippen molar-refractivity contribution in [3.63, 3.8) is 0 Å². The molecule has 5 N–H and O–H groups in total. The molecule has 1 saturated carbocycles. The van der Waals surface area contributed by atoms with Gasteiger partial charge in [0.25, 0.3) is 0 Å². The largest absolute Gasteiger partial charge is 0.390 e. The fourth-order valence-electron chi connectivity index (χ4n) is 3.88. The molecule has 1 aromatic carbocycles. The number of aliphatic hydroxyl groups excluding tert-OH is 2. The van der Waals surface area contributed by atoms with E-state index in [0.29, 0.717) is 6.54 Å². The monoisotopic (exact) mass is 488 g/mol. The van der Waals surface area contributed by atoms with Crippen molar-refractivity contribution in [1.82, 2.24) is 19.7 Å². The van der Waals surface area contributed by atoms with Gasteiger partial charge in [-0.2, -0.15) is 13.5 Å². The number of aromatic nitrogens is 4. The molecule has 0 aliphatic heterocycles. The summed E-state index contributed by atoms with van der Waals surface area (Å²) < 4.78 is 28.3. The second-order valence-electron chi connectivity index (χ2n) is 8.00. The molecule has 180 valence electrons. The topological polar surface area (TPSA) is 183 Å². The van der Waals surface area contributed by atoms with Gasteiger partial charge in [0, 0.05) is 18.3 Å². The number of anilines is 1. The Hall–Kier alpha value is -3.23. The van der Waals surface area contributed by atoms with Crippen molar-refractivity contribution in [3.05, 3.63) is 71.9 Å². The van der Waals surface area contributed by atoms with Gasteiger partial charge in [-0.25, -0.2) is 15.1 Å². The first-order valence-electron chi connectivity index (χ1n) is 10.4. The van der Waals surface area contributed by atoms with Gasteiger partial charge in [0.05, 0.1) is 30.9 Å². The zero-order valence-corrected chi connectivity index (χ0v) is 18.7. The molecular formula is C21H24N6O6S. The molecule has 2 heterocycles. The summed E-state index contributed by atoms with van der Waals surface area (Å²) >= 11 is 0. The van der Waals surface area contributed by atoms with Crippen LogP contribution in [-0.2, 0) is 21.0 Å². The predicted molar refractivity (Wildman–Crippen MR) is 120 cm³/mol. The molecule has 1 fully saturated rings. The number of hydrogen-bond acceptors (Lipinski definition) is 10. The minimum atomic E-state index is -4.18. The van der Waals surface area contributed by atoms with Crippen LogP contribution in [0.2, 0.25) is 0 Å². The number of benzene rings is 1. The maximum atomic E-state index is 13.1. The fraction of sp³-hybridized carbons (Fsp3) is 0.333. The Kier molecular flexibility index (Phi) is 7.00. The van der Waals surface area contributed by atoms with Crippen LogP contribution in [0.4, 0.5) is 5.82 Å². The van der Waals surface area contributed by atoms with E-state index in [1.54, 1.807) is 16.9 Å². The number of rotatable bonds is 9. The molecule has 2 aromatic heterocycles. The summed E-state index contributed by atoms with van der Waals surface area (Å²) in [5.41, 5.74) is 1.36. The van der Waals surface area contributed by atoms with Crippen LogP contribution >= 0.6 is 0 Å². The molecule has 1 aliphatic carbocycles. The van der Waals surface area contributed by atoms with Gasteiger partial charge in [-0.1, -0.05) is 30.3 Å². The van der Waals surface area contributed by atoms with E-state index in [1.807, 2.05) is 30.3 Å². The summed E-state index contributed by atoms with van der Waals surface area (Å²) in [7, 11) is -4.18. The Morgan fingerprint density at radius 1 is 1.21 bits per heavy atom. The molecule has 1 unspecified atom stereocenters. The lowest BCUT2D eigenvalue weighted by atomic mass is 10.1. The summed E-state index contributed by atoms with van der Waals surface area (Å²) in [5.74, 6) is -0.959. The second-order valence-corrected chi connectivity index (χ2v) is 9.22. The van der Waals surface area contributed by atoms with E-state index in [1.165, 1.54) is 12.5 Å². The van der Waals surface area contributed by atoms with Crippen LogP contribution in [-0.4, -0.2) is 69.0 Å². The van der Waals surface area contributed by atoms with Crippen molar-refractivity contribution in [2.45, 2.75) is 31.2 Å². The number of carbonyl (C=O) groups excluding carboxylic acids is 1. The highest BCUT2D eigenvalue weighted by molar-refractivity contribution is 7.84. The third kappa shape index (κ3) is 5.63. The van der Waals surface area contributed by atoms with E-state index in [9.17, 15) is 23.4 Å². The van der Waals surface area contributed by atoms with E-state index < -0.39 is 40.3 Å². The van der Waals surface area contributed by atoms with Crippen LogP contribution in [0.15, 0.2) is 55.1 Å². The Morgan fingerprint density at radius 2 is 1.97 bits per heavy atom. The highest BCUT2D eigenvalue weighted by Crippen LogP contribution is 2.30. The second kappa shape index (κ2) is 9.95. The highest BCUT2D eigenvalue weighted by Gasteiger charge is 2.42. The third-order valence-electron chi connectivity index (χ3n) is 5.59. The van der Waals surface area contributed by atoms with E-state index in [2.05, 4.69) is 24.6 Å². The van der Waals surface area contributed by atoms with Crippen molar-refractivity contribution in [2.24, 2.45) is 11.1 Å². The predicted octanol–water partition coefficient (Wildman–Crippen LogP) is -0.305. The maximum Gasteiger partial charge on any atom is 0.333 e. The van der Waals surface area contributed by atoms with E-state index >= 15 is 0 Å². The molecular weight excluding hydrogens is 464 g/mol. The smallest absolute Gasteiger partial charge is 0.333 e. The Balaban J connectivity index is 1.47. The molecule has 1 aliphatic rings. The molecule has 0 saturated heterocycles. The van der Waals surface area contributed by atoms with Crippen LogP contribution < -0.4 is 10.5 Å². The first kappa shape index (κ1) is 23.9. The number of nitrogens with zero attached hydrogens (tertiary/aromatic N) is 4. The number of nitrogens with one attached hydrogen (secondary N) is 1. The van der Waals surface area contributed by atoms with Crippen LogP contribution in [0.3, 0.4) is 0 Å².